The molecule has 9 heteroatoms. The first-order valence-corrected chi connectivity index (χ1v) is 11.1. The highest BCUT2D eigenvalue weighted by Crippen LogP contribution is 2.33. The molecule has 0 atom stereocenters. The second-order valence-corrected chi connectivity index (χ2v) is 8.10. The number of furan rings is 1. The summed E-state index contributed by atoms with van der Waals surface area (Å²) in [5.74, 6) is 1.28. The lowest BCUT2D eigenvalue weighted by atomic mass is 10.1. The summed E-state index contributed by atoms with van der Waals surface area (Å²) in [5.41, 5.74) is 1.19. The van der Waals surface area contributed by atoms with Crippen molar-refractivity contribution in [2.45, 2.75) is 0 Å². The van der Waals surface area contributed by atoms with Crippen LogP contribution in [0.2, 0.25) is 0 Å². The number of benzene rings is 2. The minimum atomic E-state index is -0.421. The highest BCUT2D eigenvalue weighted by molar-refractivity contribution is 8.18. The van der Waals surface area contributed by atoms with Gasteiger partial charge in [-0.05, 0) is 48.2 Å². The van der Waals surface area contributed by atoms with Gasteiger partial charge in [0.15, 0.2) is 11.5 Å². The van der Waals surface area contributed by atoms with E-state index in [-0.39, 0.29) is 23.3 Å². The van der Waals surface area contributed by atoms with E-state index >= 15 is 0 Å². The van der Waals surface area contributed by atoms with Crippen molar-refractivity contribution in [3.05, 3.63) is 76.9 Å². The van der Waals surface area contributed by atoms with Crippen molar-refractivity contribution >= 4 is 35.0 Å². The molecule has 0 spiro atoms. The topological polar surface area (TPSA) is 95.3 Å². The number of carbonyl (C=O) groups excluding carboxylic acids is 3. The average molecular weight is 480 g/mol. The minimum absolute atomic E-state index is 0.107. The molecule has 0 N–H and O–H groups in total. The van der Waals surface area contributed by atoms with Crippen LogP contribution in [0.3, 0.4) is 0 Å². The van der Waals surface area contributed by atoms with Gasteiger partial charge in [-0.1, -0.05) is 24.3 Å². The highest BCUT2D eigenvalue weighted by atomic mass is 32.2. The summed E-state index contributed by atoms with van der Waals surface area (Å²) in [4.78, 5) is 38.1. The molecule has 1 aromatic heterocycles. The van der Waals surface area contributed by atoms with Crippen LogP contribution in [0.1, 0.15) is 16.1 Å². The fourth-order valence-electron chi connectivity index (χ4n) is 3.28. The Balaban J connectivity index is 1.40. The number of thioether (sulfide) groups is 1. The van der Waals surface area contributed by atoms with Crippen LogP contribution in [0.15, 0.2) is 70.0 Å². The van der Waals surface area contributed by atoms with Crippen LogP contribution >= 0.6 is 11.8 Å². The number of ether oxygens (including phenoxy) is 3. The van der Waals surface area contributed by atoms with Gasteiger partial charge in [0.25, 0.3) is 11.1 Å². The van der Waals surface area contributed by atoms with Gasteiger partial charge < -0.3 is 18.6 Å². The molecule has 1 aliphatic heterocycles. The number of amides is 2. The summed E-state index contributed by atoms with van der Waals surface area (Å²) in [6, 6.07) is 17.4. The summed E-state index contributed by atoms with van der Waals surface area (Å²) in [5, 5.41) is -0.370. The van der Waals surface area contributed by atoms with Crippen molar-refractivity contribution in [1.82, 2.24) is 4.90 Å². The molecule has 0 unspecified atom stereocenters. The van der Waals surface area contributed by atoms with Gasteiger partial charge in [0.05, 0.1) is 31.2 Å². The number of nitrogens with zero attached hydrogens (tertiary/aromatic N) is 1. The summed E-state index contributed by atoms with van der Waals surface area (Å²) in [7, 11) is 2.87. The second-order valence-electron chi connectivity index (χ2n) is 7.10. The Bertz CT molecular complexity index is 1250. The normalized spacial score (nSPS) is 14.5. The molecule has 0 aliphatic carbocycles. The number of rotatable bonds is 8. The van der Waals surface area contributed by atoms with Crippen molar-refractivity contribution in [3.63, 3.8) is 0 Å². The van der Waals surface area contributed by atoms with Crippen LogP contribution in [0.5, 0.6) is 11.5 Å². The molecule has 1 fully saturated rings. The lowest BCUT2D eigenvalue weighted by Crippen LogP contribution is -2.32. The van der Waals surface area contributed by atoms with Crippen LogP contribution in [-0.4, -0.2) is 49.4 Å². The molecule has 2 aromatic carbocycles. The van der Waals surface area contributed by atoms with Gasteiger partial charge in [-0.3, -0.25) is 14.5 Å². The first-order valence-electron chi connectivity index (χ1n) is 10.3. The molecule has 174 valence electrons. The van der Waals surface area contributed by atoms with Gasteiger partial charge in [0.2, 0.25) is 0 Å². The number of para-hydroxylation sites is 2. The van der Waals surface area contributed by atoms with Gasteiger partial charge in [-0.15, -0.1) is 0 Å². The molecule has 34 heavy (non-hydrogen) atoms. The highest BCUT2D eigenvalue weighted by Gasteiger charge is 2.35. The Morgan fingerprint density at radius 3 is 2.44 bits per heavy atom. The monoisotopic (exact) mass is 479 g/mol. The molecule has 0 radical (unpaired) electrons. The summed E-state index contributed by atoms with van der Waals surface area (Å²) in [6.45, 7) is 0.244. The zero-order valence-corrected chi connectivity index (χ0v) is 19.3. The predicted molar refractivity (Wildman–Crippen MR) is 127 cm³/mol. The fraction of sp³-hybridized carbons (Fsp3) is 0.160. The smallest absolute Gasteiger partial charge is 0.337 e. The Morgan fingerprint density at radius 2 is 1.74 bits per heavy atom. The number of methoxy groups -OCH3 is 2. The molecular formula is C25H21NO7S. The molecule has 2 amide bonds. The van der Waals surface area contributed by atoms with E-state index in [9.17, 15) is 14.4 Å². The number of imide groups is 1. The zero-order chi connectivity index (χ0) is 24.1. The van der Waals surface area contributed by atoms with Gasteiger partial charge in [0.1, 0.15) is 18.1 Å². The van der Waals surface area contributed by atoms with E-state index in [2.05, 4.69) is 0 Å². The number of hydrogen-bond acceptors (Lipinski definition) is 8. The maximum atomic E-state index is 12.7. The third-order valence-electron chi connectivity index (χ3n) is 5.01. The third-order valence-corrected chi connectivity index (χ3v) is 5.91. The fourth-order valence-corrected chi connectivity index (χ4v) is 4.13. The summed E-state index contributed by atoms with van der Waals surface area (Å²) >= 11 is 0.850. The van der Waals surface area contributed by atoms with Gasteiger partial charge in [0, 0.05) is 11.6 Å². The SMILES string of the molecule is COC(=O)c1ccc(-c2ccc(/C=C3\SC(=O)N(CCOc4ccccc4OC)C3=O)o2)cc1. The van der Waals surface area contributed by atoms with E-state index in [1.807, 2.05) is 12.1 Å². The lowest BCUT2D eigenvalue weighted by Gasteiger charge is -2.14. The first-order chi connectivity index (χ1) is 16.5. The van der Waals surface area contributed by atoms with E-state index in [1.165, 1.54) is 13.2 Å². The molecule has 0 bridgehead atoms. The molecule has 1 saturated heterocycles. The molecule has 3 aromatic rings. The zero-order valence-electron chi connectivity index (χ0n) is 18.5. The van der Waals surface area contributed by atoms with Crippen molar-refractivity contribution in [3.8, 4) is 22.8 Å². The maximum absolute atomic E-state index is 12.7. The molecular weight excluding hydrogens is 458 g/mol. The first kappa shape index (κ1) is 23.2. The number of carbonyl (C=O) groups is 3. The van der Waals surface area contributed by atoms with Crippen molar-refractivity contribution < 1.29 is 33.0 Å². The van der Waals surface area contributed by atoms with E-state index < -0.39 is 11.9 Å². The third kappa shape index (κ3) is 4.99. The molecule has 0 saturated carbocycles. The van der Waals surface area contributed by atoms with E-state index in [0.717, 1.165) is 22.2 Å². The average Bonchev–Trinajstić information content (AvgIpc) is 3.44. The second kappa shape index (κ2) is 10.3. The van der Waals surface area contributed by atoms with E-state index in [1.54, 1.807) is 55.6 Å². The molecule has 8 nitrogen and oxygen atoms in total. The van der Waals surface area contributed by atoms with Crippen LogP contribution in [0.4, 0.5) is 4.79 Å². The van der Waals surface area contributed by atoms with Gasteiger partial charge >= 0.3 is 5.97 Å². The lowest BCUT2D eigenvalue weighted by molar-refractivity contribution is -0.123. The molecule has 2 heterocycles. The summed E-state index contributed by atoms with van der Waals surface area (Å²) in [6.07, 6.45) is 1.54. The molecule has 1 aliphatic rings. The largest absolute Gasteiger partial charge is 0.493 e. The molecule has 4 rings (SSSR count). The van der Waals surface area contributed by atoms with Crippen LogP contribution in [-0.2, 0) is 9.53 Å². The number of esters is 1. The van der Waals surface area contributed by atoms with Crippen LogP contribution < -0.4 is 9.47 Å². The quantitative estimate of drug-likeness (QED) is 0.334. The Hall–Kier alpha value is -3.98. The van der Waals surface area contributed by atoms with Crippen LogP contribution in [0, 0.1) is 0 Å². The Labute approximate surface area is 200 Å². The van der Waals surface area contributed by atoms with Crippen molar-refractivity contribution in [1.29, 1.82) is 0 Å². The van der Waals surface area contributed by atoms with Crippen LogP contribution in [0.25, 0.3) is 17.4 Å². The maximum Gasteiger partial charge on any atom is 0.337 e. The standard InChI is InChI=1S/C25H21NO7S/c1-30-20-5-3-4-6-21(20)32-14-13-26-23(27)22(34-25(26)29)15-18-11-12-19(33-18)16-7-9-17(10-8-16)24(28)31-2/h3-12,15H,13-14H2,1-2H3/b22-15-. The van der Waals surface area contributed by atoms with Crippen molar-refractivity contribution in [2.75, 3.05) is 27.4 Å². The Morgan fingerprint density at radius 1 is 1.00 bits per heavy atom. The van der Waals surface area contributed by atoms with Gasteiger partial charge in [-0.2, -0.15) is 0 Å². The van der Waals surface area contributed by atoms with Crippen molar-refractivity contribution in [2.24, 2.45) is 0 Å². The minimum Gasteiger partial charge on any atom is -0.493 e. The predicted octanol–water partition coefficient (Wildman–Crippen LogP) is 4.86. The van der Waals surface area contributed by atoms with E-state index in [0.29, 0.717) is 28.6 Å². The van der Waals surface area contributed by atoms with Gasteiger partial charge in [-0.25, -0.2) is 4.79 Å². The Kier molecular flexibility index (Phi) is 7.03. The summed E-state index contributed by atoms with van der Waals surface area (Å²) < 4.78 is 21.4. The number of hydrogen-bond donors (Lipinski definition) is 0. The van der Waals surface area contributed by atoms with E-state index in [4.69, 9.17) is 18.6 Å².